The maximum atomic E-state index is 10.9. The normalized spacial score (nSPS) is 10.7. The van der Waals surface area contributed by atoms with Crippen LogP contribution in [0.25, 0.3) is 21.0 Å². The number of esters is 1. The quantitative estimate of drug-likeness (QED) is 0.553. The molecule has 0 atom stereocenters. The minimum atomic E-state index is -0.350. The smallest absolute Gasteiger partial charge is 0.308 e. The van der Waals surface area contributed by atoms with Crippen LogP contribution < -0.4 is 4.74 Å². The van der Waals surface area contributed by atoms with E-state index < -0.39 is 0 Å². The average Bonchev–Trinajstić information content (AvgIpc) is 2.95. The van der Waals surface area contributed by atoms with Crippen LogP contribution in [-0.2, 0) is 4.79 Å². The van der Waals surface area contributed by atoms with E-state index in [1.165, 1.54) is 18.3 Å². The van der Waals surface area contributed by atoms with Crippen molar-refractivity contribution < 1.29 is 9.53 Å². The second-order valence-electron chi connectivity index (χ2n) is 3.48. The lowest BCUT2D eigenvalue weighted by Gasteiger charge is -1.99. The molecule has 0 amide bonds. The van der Waals surface area contributed by atoms with Crippen molar-refractivity contribution in [2.45, 2.75) is 6.92 Å². The molecule has 0 bridgehead atoms. The van der Waals surface area contributed by atoms with E-state index in [4.69, 9.17) is 4.74 Å². The summed E-state index contributed by atoms with van der Waals surface area (Å²) >= 11 is 1.41. The number of fused-ring (bicyclic) bond motifs is 1. The molecule has 2 aromatic heterocycles. The van der Waals surface area contributed by atoms with Gasteiger partial charge in [-0.25, -0.2) is 4.98 Å². The Labute approximate surface area is 105 Å². The lowest BCUT2D eigenvalue weighted by atomic mass is 10.3. The minimum Gasteiger partial charge on any atom is -0.427 e. The van der Waals surface area contributed by atoms with Gasteiger partial charge in [0.2, 0.25) is 5.82 Å². The standard InChI is InChI=1S/C10H7N5O2S/c1-5(16)17-6-2-3-7-8(4-6)18-10(11-7)9-12-14-15-13-9/h2-4H,1H3,(H,12,13,14,15). The Kier molecular flexibility index (Phi) is 2.49. The first kappa shape index (κ1) is 10.8. The van der Waals surface area contributed by atoms with Crippen molar-refractivity contribution in [2.24, 2.45) is 0 Å². The van der Waals surface area contributed by atoms with Crippen LogP contribution in [0.4, 0.5) is 0 Å². The summed E-state index contributed by atoms with van der Waals surface area (Å²) in [6.07, 6.45) is 0. The van der Waals surface area contributed by atoms with Crippen molar-refractivity contribution in [3.05, 3.63) is 18.2 Å². The molecule has 0 aliphatic heterocycles. The van der Waals surface area contributed by atoms with Gasteiger partial charge in [0.05, 0.1) is 10.2 Å². The van der Waals surface area contributed by atoms with E-state index in [9.17, 15) is 4.79 Å². The number of aromatic nitrogens is 5. The highest BCUT2D eigenvalue weighted by Crippen LogP contribution is 2.30. The molecule has 0 saturated carbocycles. The number of H-pyrrole nitrogens is 1. The SMILES string of the molecule is CC(=O)Oc1ccc2nc(-c3nn[nH]n3)sc2c1. The van der Waals surface area contributed by atoms with Crippen LogP contribution >= 0.6 is 11.3 Å². The van der Waals surface area contributed by atoms with E-state index >= 15 is 0 Å². The number of benzene rings is 1. The van der Waals surface area contributed by atoms with Crippen molar-refractivity contribution in [2.75, 3.05) is 0 Å². The van der Waals surface area contributed by atoms with Crippen molar-refractivity contribution >= 4 is 27.5 Å². The number of hydrogen-bond acceptors (Lipinski definition) is 7. The number of nitrogens with one attached hydrogen (secondary N) is 1. The third kappa shape index (κ3) is 1.93. The van der Waals surface area contributed by atoms with E-state index in [0.717, 1.165) is 10.2 Å². The van der Waals surface area contributed by atoms with Crippen LogP contribution in [0.1, 0.15) is 6.92 Å². The molecule has 0 radical (unpaired) electrons. The minimum absolute atomic E-state index is 0.350. The fraction of sp³-hybridized carbons (Fsp3) is 0.100. The van der Waals surface area contributed by atoms with Crippen LogP contribution in [-0.4, -0.2) is 31.6 Å². The summed E-state index contributed by atoms with van der Waals surface area (Å²) in [7, 11) is 0. The van der Waals surface area contributed by atoms with Crippen molar-refractivity contribution in [3.63, 3.8) is 0 Å². The first-order valence-electron chi connectivity index (χ1n) is 5.05. The number of carbonyl (C=O) groups excluding carboxylic acids is 1. The van der Waals surface area contributed by atoms with Crippen molar-refractivity contribution in [3.8, 4) is 16.6 Å². The number of rotatable bonds is 2. The molecule has 0 aliphatic carbocycles. The van der Waals surface area contributed by atoms with Gasteiger partial charge in [-0.2, -0.15) is 5.21 Å². The molecule has 0 unspecified atom stereocenters. The van der Waals surface area contributed by atoms with Gasteiger partial charge in [-0.1, -0.05) is 0 Å². The predicted molar refractivity (Wildman–Crippen MR) is 64.1 cm³/mol. The third-order valence-electron chi connectivity index (χ3n) is 2.16. The second kappa shape index (κ2) is 4.15. The largest absolute Gasteiger partial charge is 0.427 e. The zero-order chi connectivity index (χ0) is 12.5. The van der Waals surface area contributed by atoms with Gasteiger partial charge in [0.25, 0.3) is 0 Å². The molecular formula is C10H7N5O2S. The molecular weight excluding hydrogens is 254 g/mol. The van der Waals surface area contributed by atoms with Crippen LogP contribution in [0.3, 0.4) is 0 Å². The van der Waals surface area contributed by atoms with Gasteiger partial charge < -0.3 is 4.74 Å². The molecule has 90 valence electrons. The van der Waals surface area contributed by atoms with Gasteiger partial charge >= 0.3 is 5.97 Å². The molecule has 2 heterocycles. The summed E-state index contributed by atoms with van der Waals surface area (Å²) in [5, 5.41) is 14.3. The number of ether oxygens (including phenoxy) is 1. The molecule has 0 aliphatic rings. The highest BCUT2D eigenvalue weighted by atomic mass is 32.1. The fourth-order valence-electron chi connectivity index (χ4n) is 1.48. The maximum absolute atomic E-state index is 10.9. The van der Waals surface area contributed by atoms with E-state index in [0.29, 0.717) is 16.6 Å². The number of aromatic amines is 1. The first-order valence-corrected chi connectivity index (χ1v) is 5.87. The summed E-state index contributed by atoms with van der Waals surface area (Å²) < 4.78 is 5.91. The summed E-state index contributed by atoms with van der Waals surface area (Å²) in [5.41, 5.74) is 0.802. The number of nitrogens with zero attached hydrogens (tertiary/aromatic N) is 4. The number of carbonyl (C=O) groups is 1. The Bertz CT molecular complexity index is 706. The third-order valence-corrected chi connectivity index (χ3v) is 3.17. The van der Waals surface area contributed by atoms with Crippen molar-refractivity contribution in [1.29, 1.82) is 0 Å². The zero-order valence-electron chi connectivity index (χ0n) is 9.25. The molecule has 18 heavy (non-hydrogen) atoms. The molecule has 0 fully saturated rings. The number of tetrazole rings is 1. The Hall–Kier alpha value is -2.35. The molecule has 1 aromatic carbocycles. The lowest BCUT2D eigenvalue weighted by molar-refractivity contribution is -0.131. The van der Waals surface area contributed by atoms with Crippen LogP contribution in [0.5, 0.6) is 5.75 Å². The maximum Gasteiger partial charge on any atom is 0.308 e. The highest BCUT2D eigenvalue weighted by Gasteiger charge is 2.11. The Balaban J connectivity index is 2.04. The summed E-state index contributed by atoms with van der Waals surface area (Å²) in [5.74, 6) is 0.598. The molecule has 3 aromatic rings. The van der Waals surface area contributed by atoms with Gasteiger partial charge in [0, 0.05) is 13.0 Å². The molecule has 0 spiro atoms. The van der Waals surface area contributed by atoms with Crippen molar-refractivity contribution in [1.82, 2.24) is 25.6 Å². The topological polar surface area (TPSA) is 93.6 Å². The predicted octanol–water partition coefficient (Wildman–Crippen LogP) is 1.40. The monoisotopic (exact) mass is 261 g/mol. The summed E-state index contributed by atoms with van der Waals surface area (Å²) in [6.45, 7) is 1.36. The lowest BCUT2D eigenvalue weighted by Crippen LogP contribution is -2.00. The summed E-state index contributed by atoms with van der Waals surface area (Å²) in [4.78, 5) is 15.2. The Morgan fingerprint density at radius 1 is 1.44 bits per heavy atom. The molecule has 0 saturated heterocycles. The highest BCUT2D eigenvalue weighted by molar-refractivity contribution is 7.21. The van der Waals surface area contributed by atoms with Crippen LogP contribution in [0.15, 0.2) is 18.2 Å². The molecule has 8 heteroatoms. The zero-order valence-corrected chi connectivity index (χ0v) is 10.1. The van der Waals surface area contributed by atoms with Gasteiger partial charge in [-0.3, -0.25) is 4.79 Å². The number of thiazole rings is 1. The second-order valence-corrected chi connectivity index (χ2v) is 4.51. The molecule has 3 rings (SSSR count). The van der Waals surface area contributed by atoms with E-state index in [1.807, 2.05) is 0 Å². The average molecular weight is 261 g/mol. The van der Waals surface area contributed by atoms with E-state index in [1.54, 1.807) is 18.2 Å². The van der Waals surface area contributed by atoms with E-state index in [-0.39, 0.29) is 5.97 Å². The summed E-state index contributed by atoms with van der Waals surface area (Å²) in [6, 6.07) is 5.25. The van der Waals surface area contributed by atoms with Crippen LogP contribution in [0.2, 0.25) is 0 Å². The van der Waals surface area contributed by atoms with Gasteiger partial charge in [0.15, 0.2) is 5.01 Å². The van der Waals surface area contributed by atoms with Gasteiger partial charge in [-0.15, -0.1) is 21.5 Å². The van der Waals surface area contributed by atoms with Gasteiger partial charge in [0.1, 0.15) is 5.75 Å². The van der Waals surface area contributed by atoms with Gasteiger partial charge in [-0.05, 0) is 17.3 Å². The van der Waals surface area contributed by atoms with E-state index in [2.05, 4.69) is 25.6 Å². The Morgan fingerprint density at radius 3 is 3.06 bits per heavy atom. The number of hydrogen-bond donors (Lipinski definition) is 1. The first-order chi connectivity index (χ1) is 8.72. The van der Waals surface area contributed by atoms with Crippen LogP contribution in [0, 0.1) is 0 Å². The fourth-order valence-corrected chi connectivity index (χ4v) is 2.41. The Morgan fingerprint density at radius 2 is 2.33 bits per heavy atom. The molecule has 7 nitrogen and oxygen atoms in total. The molecule has 1 N–H and O–H groups in total.